The number of nitrogens with one attached hydrogen (secondary N) is 2. The van der Waals surface area contributed by atoms with Crippen LogP contribution in [0.25, 0.3) is 0 Å². The number of hydrogen-bond acceptors (Lipinski definition) is 2. The highest BCUT2D eigenvalue weighted by Gasteiger charge is 2.07. The van der Waals surface area contributed by atoms with Gasteiger partial charge in [0.1, 0.15) is 0 Å². The lowest BCUT2D eigenvalue weighted by atomic mass is 10.2. The highest BCUT2D eigenvalue weighted by Crippen LogP contribution is 2.11. The third-order valence-electron chi connectivity index (χ3n) is 3.08. The van der Waals surface area contributed by atoms with Gasteiger partial charge in [0.15, 0.2) is 5.96 Å². The van der Waals surface area contributed by atoms with Crippen LogP contribution in [0.2, 0.25) is 5.02 Å². The van der Waals surface area contributed by atoms with E-state index in [2.05, 4.69) is 15.6 Å². The van der Waals surface area contributed by atoms with Gasteiger partial charge in [0.25, 0.3) is 0 Å². The number of amides is 1. The summed E-state index contributed by atoms with van der Waals surface area (Å²) in [5.74, 6) is 0.819. The van der Waals surface area contributed by atoms with E-state index in [0.717, 1.165) is 29.6 Å². The van der Waals surface area contributed by atoms with Gasteiger partial charge in [0, 0.05) is 37.6 Å². The van der Waals surface area contributed by atoms with Crippen LogP contribution in [-0.2, 0) is 11.3 Å². The molecule has 128 valence electrons. The van der Waals surface area contributed by atoms with Crippen molar-refractivity contribution < 1.29 is 4.79 Å². The molecule has 0 aromatic heterocycles. The lowest BCUT2D eigenvalue weighted by Gasteiger charge is -2.22. The minimum atomic E-state index is 0.0277. The topological polar surface area (TPSA) is 56.7 Å². The Morgan fingerprint density at radius 1 is 1.30 bits per heavy atom. The van der Waals surface area contributed by atoms with Crippen LogP contribution in [0.3, 0.4) is 0 Å². The van der Waals surface area contributed by atoms with E-state index in [1.54, 1.807) is 0 Å². The summed E-state index contributed by atoms with van der Waals surface area (Å²) in [4.78, 5) is 18.2. The van der Waals surface area contributed by atoms with Crippen LogP contribution < -0.4 is 10.6 Å². The highest BCUT2D eigenvalue weighted by atomic mass is 35.5. The summed E-state index contributed by atoms with van der Waals surface area (Å²) in [7, 11) is 1.98. The molecule has 0 unspecified atom stereocenters. The fourth-order valence-corrected chi connectivity index (χ4v) is 2.19. The van der Waals surface area contributed by atoms with Crippen LogP contribution in [0.1, 0.15) is 32.8 Å². The molecule has 0 spiro atoms. The molecule has 0 radical (unpaired) electrons. The predicted octanol–water partition coefficient (Wildman–Crippen LogP) is 2.65. The van der Waals surface area contributed by atoms with Gasteiger partial charge >= 0.3 is 0 Å². The summed E-state index contributed by atoms with van der Waals surface area (Å²) < 4.78 is 0. The van der Waals surface area contributed by atoms with E-state index in [-0.39, 0.29) is 11.9 Å². The zero-order chi connectivity index (χ0) is 17.2. The first-order valence-electron chi connectivity index (χ1n) is 7.95. The number of hydrogen-bond donors (Lipinski definition) is 2. The molecule has 0 aliphatic heterocycles. The van der Waals surface area contributed by atoms with Crippen LogP contribution in [0.5, 0.6) is 0 Å². The molecule has 5 nitrogen and oxygen atoms in total. The highest BCUT2D eigenvalue weighted by molar-refractivity contribution is 6.30. The van der Waals surface area contributed by atoms with E-state index < -0.39 is 0 Å². The smallest absolute Gasteiger partial charge is 0.222 e. The van der Waals surface area contributed by atoms with E-state index in [9.17, 15) is 4.79 Å². The number of halogens is 1. The molecule has 0 aliphatic rings. The Hall–Kier alpha value is -1.75. The number of carbonyl (C=O) groups is 1. The molecular weight excluding hydrogens is 312 g/mol. The number of carbonyl (C=O) groups excluding carboxylic acids is 1. The first-order chi connectivity index (χ1) is 10.9. The Morgan fingerprint density at radius 3 is 2.52 bits per heavy atom. The third-order valence-corrected chi connectivity index (χ3v) is 3.33. The maximum Gasteiger partial charge on any atom is 0.222 e. The Labute approximate surface area is 144 Å². The normalized spacial score (nSPS) is 11.5. The van der Waals surface area contributed by atoms with Gasteiger partial charge in [-0.1, -0.05) is 23.7 Å². The van der Waals surface area contributed by atoms with E-state index >= 15 is 0 Å². The molecule has 1 amide bonds. The van der Waals surface area contributed by atoms with Crippen molar-refractivity contribution in [3.05, 3.63) is 34.9 Å². The molecule has 1 rings (SSSR count). The Balaban J connectivity index is 2.59. The quantitative estimate of drug-likeness (QED) is 0.593. The Kier molecular flexibility index (Phi) is 8.48. The van der Waals surface area contributed by atoms with Gasteiger partial charge in [-0.05, 0) is 38.5 Å². The minimum Gasteiger partial charge on any atom is -0.357 e. The second-order valence-corrected chi connectivity index (χ2v) is 6.13. The zero-order valence-electron chi connectivity index (χ0n) is 14.4. The molecular formula is C17H27ClN4O. The molecule has 23 heavy (non-hydrogen) atoms. The molecule has 0 atom stereocenters. The second-order valence-electron chi connectivity index (χ2n) is 5.69. The van der Waals surface area contributed by atoms with Crippen molar-refractivity contribution in [3.8, 4) is 0 Å². The van der Waals surface area contributed by atoms with Crippen molar-refractivity contribution in [1.29, 1.82) is 0 Å². The molecule has 2 N–H and O–H groups in total. The summed E-state index contributed by atoms with van der Waals surface area (Å²) in [6.45, 7) is 7.89. The fourth-order valence-electron chi connectivity index (χ4n) is 2.07. The van der Waals surface area contributed by atoms with Gasteiger partial charge < -0.3 is 15.5 Å². The summed E-state index contributed by atoms with van der Waals surface area (Å²) >= 11 is 5.91. The maximum absolute atomic E-state index is 11.7. The lowest BCUT2D eigenvalue weighted by Crippen LogP contribution is -2.38. The standard InChI is InChI=1S/C17H27ClN4O/c1-5-19-17(20-11-10-16(23)21-13(2)3)22(4)12-14-6-8-15(18)9-7-14/h6-9,13H,5,10-12H2,1-4H3,(H,19,20)(H,21,23). The zero-order valence-corrected chi connectivity index (χ0v) is 15.2. The maximum atomic E-state index is 11.7. The largest absolute Gasteiger partial charge is 0.357 e. The molecule has 0 bridgehead atoms. The number of nitrogens with zero attached hydrogens (tertiary/aromatic N) is 2. The molecule has 0 aliphatic carbocycles. The second kappa shape index (κ2) is 10.1. The van der Waals surface area contributed by atoms with Crippen LogP contribution in [-0.4, -0.2) is 42.9 Å². The number of guanidine groups is 1. The average Bonchev–Trinajstić information content (AvgIpc) is 2.48. The van der Waals surface area contributed by atoms with E-state index in [1.165, 1.54) is 0 Å². The van der Waals surface area contributed by atoms with Crippen molar-refractivity contribution in [3.63, 3.8) is 0 Å². The van der Waals surface area contributed by atoms with Crippen molar-refractivity contribution in [2.75, 3.05) is 20.1 Å². The minimum absolute atomic E-state index is 0.0277. The molecule has 6 heteroatoms. The van der Waals surface area contributed by atoms with Gasteiger partial charge in [0.2, 0.25) is 5.91 Å². The van der Waals surface area contributed by atoms with Gasteiger partial charge in [-0.25, -0.2) is 0 Å². The molecule has 0 saturated heterocycles. The summed E-state index contributed by atoms with van der Waals surface area (Å²) in [5.41, 5.74) is 1.15. The van der Waals surface area contributed by atoms with E-state index in [1.807, 2.05) is 57.0 Å². The van der Waals surface area contributed by atoms with Crippen molar-refractivity contribution >= 4 is 23.5 Å². The average molecular weight is 339 g/mol. The van der Waals surface area contributed by atoms with Gasteiger partial charge in [-0.15, -0.1) is 0 Å². The van der Waals surface area contributed by atoms with Gasteiger partial charge in [-0.2, -0.15) is 0 Å². The molecule has 0 saturated carbocycles. The van der Waals surface area contributed by atoms with Crippen molar-refractivity contribution in [2.45, 2.75) is 39.8 Å². The third kappa shape index (κ3) is 7.88. The number of benzene rings is 1. The monoisotopic (exact) mass is 338 g/mol. The van der Waals surface area contributed by atoms with Gasteiger partial charge in [0.05, 0.1) is 6.54 Å². The van der Waals surface area contributed by atoms with E-state index in [4.69, 9.17) is 11.6 Å². The van der Waals surface area contributed by atoms with Crippen LogP contribution in [0, 0.1) is 0 Å². The first-order valence-corrected chi connectivity index (χ1v) is 8.33. The SMILES string of the molecule is CCNC(=NCCC(=O)NC(C)C)N(C)Cc1ccc(Cl)cc1. The first kappa shape index (κ1) is 19.3. The Morgan fingerprint density at radius 2 is 1.96 bits per heavy atom. The Bertz CT molecular complexity index is 514. The number of rotatable bonds is 7. The van der Waals surface area contributed by atoms with Crippen molar-refractivity contribution in [1.82, 2.24) is 15.5 Å². The summed E-state index contributed by atoms with van der Waals surface area (Å²) in [5, 5.41) is 6.84. The molecule has 0 heterocycles. The molecule has 0 fully saturated rings. The molecule has 1 aromatic rings. The van der Waals surface area contributed by atoms with Gasteiger partial charge in [-0.3, -0.25) is 9.79 Å². The lowest BCUT2D eigenvalue weighted by molar-refractivity contribution is -0.121. The summed E-state index contributed by atoms with van der Waals surface area (Å²) in [6, 6.07) is 7.92. The van der Waals surface area contributed by atoms with Crippen LogP contribution in [0.4, 0.5) is 0 Å². The van der Waals surface area contributed by atoms with Crippen molar-refractivity contribution in [2.24, 2.45) is 4.99 Å². The molecule has 1 aromatic carbocycles. The van der Waals surface area contributed by atoms with Crippen LogP contribution in [0.15, 0.2) is 29.3 Å². The summed E-state index contributed by atoms with van der Waals surface area (Å²) in [6.07, 6.45) is 0.391. The predicted molar refractivity (Wildman–Crippen MR) is 96.8 cm³/mol. The van der Waals surface area contributed by atoms with Crippen LogP contribution >= 0.6 is 11.6 Å². The number of aliphatic imine (C=N–C) groups is 1. The fraction of sp³-hybridized carbons (Fsp3) is 0.529. The van der Waals surface area contributed by atoms with E-state index in [0.29, 0.717) is 13.0 Å².